The average Bonchev–Trinajstić information content (AvgIpc) is 3.37. The zero-order chi connectivity index (χ0) is 36.8. The van der Waals surface area contributed by atoms with Crippen LogP contribution in [0.4, 0.5) is 5.69 Å². The van der Waals surface area contributed by atoms with Crippen molar-refractivity contribution in [1.82, 2.24) is 15.6 Å². The molecule has 1 aromatic heterocycles. The number of para-hydroxylation sites is 1. The molecule has 0 saturated carbocycles. The number of aryl methyl sites for hydroxylation is 1. The van der Waals surface area contributed by atoms with Crippen molar-refractivity contribution in [3.05, 3.63) is 81.6 Å². The largest absolute Gasteiger partial charge is 0.493 e. The second-order valence-corrected chi connectivity index (χ2v) is 13.1. The summed E-state index contributed by atoms with van der Waals surface area (Å²) in [6, 6.07) is 12.2. The lowest BCUT2D eigenvalue weighted by molar-refractivity contribution is -0.145. The van der Waals surface area contributed by atoms with Crippen LogP contribution in [0, 0.1) is 5.92 Å². The van der Waals surface area contributed by atoms with Crippen LogP contribution < -0.4 is 35.6 Å². The van der Waals surface area contributed by atoms with Gasteiger partial charge in [-0.15, -0.1) is 0 Å². The van der Waals surface area contributed by atoms with E-state index < -0.39 is 30.0 Å². The zero-order valence-electron chi connectivity index (χ0n) is 30.1. The summed E-state index contributed by atoms with van der Waals surface area (Å²) in [5, 5.41) is 10.0. The normalized spacial score (nSPS) is 14.7. The van der Waals surface area contributed by atoms with Gasteiger partial charge in [-0.3, -0.25) is 14.4 Å². The third-order valence-electron chi connectivity index (χ3n) is 9.17. The first-order valence-corrected chi connectivity index (χ1v) is 17.0. The number of hydrogen-bond acceptors (Lipinski definition) is 9. The molecule has 3 unspecified atom stereocenters. The number of aromatic nitrogens is 1. The third kappa shape index (κ3) is 7.95. The minimum atomic E-state index is -0.970. The average molecular weight is 699 g/mol. The Balaban J connectivity index is 1.55. The number of rotatable bonds is 13. The monoisotopic (exact) mass is 698 g/mol. The molecule has 0 spiro atoms. The van der Waals surface area contributed by atoms with E-state index in [-0.39, 0.29) is 29.4 Å². The molecule has 0 aliphatic heterocycles. The molecular formula is C39H46N4O8. The van der Waals surface area contributed by atoms with Gasteiger partial charge in [0, 0.05) is 36.0 Å². The Morgan fingerprint density at radius 2 is 1.69 bits per heavy atom. The highest BCUT2D eigenvalue weighted by Crippen LogP contribution is 2.50. The van der Waals surface area contributed by atoms with E-state index in [1.165, 1.54) is 34.3 Å². The molecular weight excluding hydrogens is 652 g/mol. The van der Waals surface area contributed by atoms with Crippen LogP contribution >= 0.6 is 0 Å². The number of H-pyrrole nitrogens is 1. The molecule has 12 heteroatoms. The molecule has 270 valence electrons. The summed E-state index contributed by atoms with van der Waals surface area (Å²) in [7, 11) is 5.90. The number of esters is 1. The van der Waals surface area contributed by atoms with Gasteiger partial charge < -0.3 is 39.9 Å². The van der Waals surface area contributed by atoms with Crippen LogP contribution in [0.1, 0.15) is 56.3 Å². The van der Waals surface area contributed by atoms with E-state index in [9.17, 15) is 19.2 Å². The van der Waals surface area contributed by atoms with E-state index >= 15 is 0 Å². The van der Waals surface area contributed by atoms with Crippen molar-refractivity contribution in [2.75, 3.05) is 33.8 Å². The fraction of sp³-hybridized carbons (Fsp3) is 0.385. The van der Waals surface area contributed by atoms with Gasteiger partial charge in [0.05, 0.1) is 40.2 Å². The maximum atomic E-state index is 14.0. The van der Waals surface area contributed by atoms with Crippen LogP contribution in [0.25, 0.3) is 22.0 Å². The molecule has 0 bridgehead atoms. The van der Waals surface area contributed by atoms with Crippen LogP contribution in [0.2, 0.25) is 0 Å². The van der Waals surface area contributed by atoms with Crippen molar-refractivity contribution < 1.29 is 33.3 Å². The maximum absolute atomic E-state index is 14.0. The first-order chi connectivity index (χ1) is 24.5. The number of hydrogen-bond donors (Lipinski definition) is 4. The molecule has 5 rings (SSSR count). The summed E-state index contributed by atoms with van der Waals surface area (Å²) < 4.78 is 22.3. The lowest BCUT2D eigenvalue weighted by Gasteiger charge is -2.24. The predicted octanol–water partition coefficient (Wildman–Crippen LogP) is 5.07. The smallest absolute Gasteiger partial charge is 0.328 e. The van der Waals surface area contributed by atoms with Gasteiger partial charge in [-0.05, 0) is 71.7 Å². The van der Waals surface area contributed by atoms with Gasteiger partial charge >= 0.3 is 5.97 Å². The number of ether oxygens (including phenoxy) is 4. The standard InChI is InChI=1S/C39H46N4O8/c1-21(2)16-31(38(46)43-32(39(47)51-7)17-24-20-40-28-11-9-8-10-25(24)28)42-30-15-13-26-27(19-33(30)45)29(41-22(3)44)14-12-23-18-34(48-4)36(49-5)37(50-6)35(23)26/h8-11,13,15,18-21,29,31-32,40H,12,14,16-17H2,1-7H3,(H,41,44)(H,42,45)(H,43,46). The Labute approximate surface area is 297 Å². The van der Waals surface area contributed by atoms with Gasteiger partial charge in [-0.25, -0.2) is 4.79 Å². The van der Waals surface area contributed by atoms with Gasteiger partial charge in [0.1, 0.15) is 12.1 Å². The molecule has 3 aromatic carbocycles. The van der Waals surface area contributed by atoms with Gasteiger partial charge in [0.2, 0.25) is 23.0 Å². The summed E-state index contributed by atoms with van der Waals surface area (Å²) in [6.07, 6.45) is 3.46. The van der Waals surface area contributed by atoms with Crippen LogP contribution in [0.15, 0.2) is 59.5 Å². The Hall–Kier alpha value is -5.52. The number of aromatic amines is 1. The zero-order valence-corrected chi connectivity index (χ0v) is 30.1. The Kier molecular flexibility index (Phi) is 11.5. The van der Waals surface area contributed by atoms with Crippen LogP contribution in [-0.4, -0.2) is 63.3 Å². The molecule has 1 aliphatic carbocycles. The van der Waals surface area contributed by atoms with E-state index in [4.69, 9.17) is 18.9 Å². The molecule has 0 fully saturated rings. The van der Waals surface area contributed by atoms with E-state index in [0.29, 0.717) is 53.2 Å². The summed E-state index contributed by atoms with van der Waals surface area (Å²) in [5.74, 6) is 0.120. The number of methoxy groups -OCH3 is 4. The van der Waals surface area contributed by atoms with Gasteiger partial charge in [0.25, 0.3) is 0 Å². The number of carbonyl (C=O) groups excluding carboxylic acids is 3. The molecule has 2 amide bonds. The number of fused-ring (bicyclic) bond motifs is 4. The van der Waals surface area contributed by atoms with Crippen molar-refractivity contribution in [3.63, 3.8) is 0 Å². The summed E-state index contributed by atoms with van der Waals surface area (Å²) >= 11 is 0. The highest BCUT2D eigenvalue weighted by Gasteiger charge is 2.31. The quantitative estimate of drug-likeness (QED) is 0.140. The molecule has 3 atom stereocenters. The van der Waals surface area contributed by atoms with Crippen molar-refractivity contribution in [1.29, 1.82) is 0 Å². The first-order valence-electron chi connectivity index (χ1n) is 17.0. The minimum Gasteiger partial charge on any atom is -0.493 e. The third-order valence-corrected chi connectivity index (χ3v) is 9.17. The van der Waals surface area contributed by atoms with Gasteiger partial charge in [-0.2, -0.15) is 0 Å². The van der Waals surface area contributed by atoms with E-state index in [1.54, 1.807) is 19.2 Å². The van der Waals surface area contributed by atoms with E-state index in [0.717, 1.165) is 22.0 Å². The molecule has 0 radical (unpaired) electrons. The van der Waals surface area contributed by atoms with Crippen molar-refractivity contribution >= 4 is 34.4 Å². The van der Waals surface area contributed by atoms with Gasteiger partial charge in [-0.1, -0.05) is 38.1 Å². The molecule has 1 heterocycles. The fourth-order valence-electron chi connectivity index (χ4n) is 6.85. The Morgan fingerprint density at radius 1 is 0.941 bits per heavy atom. The summed E-state index contributed by atoms with van der Waals surface area (Å²) in [4.78, 5) is 56.5. The van der Waals surface area contributed by atoms with Gasteiger partial charge in [0.15, 0.2) is 11.5 Å². The Bertz CT molecular complexity index is 1990. The minimum absolute atomic E-state index is 0.0606. The number of benzene rings is 2. The SMILES string of the molecule is COC(=O)C(Cc1c[nH]c2ccccc12)NC(=O)C(CC(C)C)Nc1ccc2c(cc1=O)C(NC(C)=O)CCc1cc(OC)c(OC)c(OC)c1-2. The van der Waals surface area contributed by atoms with Crippen molar-refractivity contribution in [2.45, 2.75) is 64.6 Å². The highest BCUT2D eigenvalue weighted by molar-refractivity contribution is 5.91. The fourth-order valence-corrected chi connectivity index (χ4v) is 6.85. The summed E-state index contributed by atoms with van der Waals surface area (Å²) in [5.41, 5.74) is 4.45. The topological polar surface area (TPSA) is 157 Å². The highest BCUT2D eigenvalue weighted by atomic mass is 16.5. The Morgan fingerprint density at radius 3 is 2.35 bits per heavy atom. The lowest BCUT2D eigenvalue weighted by Crippen LogP contribution is -2.49. The van der Waals surface area contributed by atoms with E-state index in [2.05, 4.69) is 20.9 Å². The predicted molar refractivity (Wildman–Crippen MR) is 195 cm³/mol. The molecule has 4 N–H and O–H groups in total. The molecule has 51 heavy (non-hydrogen) atoms. The maximum Gasteiger partial charge on any atom is 0.328 e. The van der Waals surface area contributed by atoms with Crippen molar-refractivity contribution in [3.8, 4) is 28.4 Å². The van der Waals surface area contributed by atoms with E-state index in [1.807, 2.05) is 50.4 Å². The number of amides is 2. The number of anilines is 1. The lowest BCUT2D eigenvalue weighted by atomic mass is 9.95. The molecule has 12 nitrogen and oxygen atoms in total. The second-order valence-electron chi connectivity index (χ2n) is 13.1. The number of carbonyl (C=O) groups is 3. The molecule has 0 saturated heterocycles. The molecule has 4 aromatic rings. The van der Waals surface area contributed by atoms with Crippen LogP contribution in [0.3, 0.4) is 0 Å². The molecule has 1 aliphatic rings. The van der Waals surface area contributed by atoms with Crippen LogP contribution in [-0.2, 0) is 32.0 Å². The second kappa shape index (κ2) is 16.0. The summed E-state index contributed by atoms with van der Waals surface area (Å²) in [6.45, 7) is 5.38. The van der Waals surface area contributed by atoms with Crippen LogP contribution in [0.5, 0.6) is 17.2 Å². The number of nitrogens with one attached hydrogen (secondary N) is 4. The first kappa shape index (κ1) is 36.8. The van der Waals surface area contributed by atoms with Crippen molar-refractivity contribution in [2.24, 2.45) is 5.92 Å².